The highest BCUT2D eigenvalue weighted by Crippen LogP contribution is 2.48. The largest absolute Gasteiger partial charge is 0.464 e. The third-order valence-electron chi connectivity index (χ3n) is 5.29. The summed E-state index contributed by atoms with van der Waals surface area (Å²) in [6, 6.07) is 20.5. The molecule has 0 N–H and O–H groups in total. The normalized spacial score (nSPS) is 20.2. The van der Waals surface area contributed by atoms with Crippen LogP contribution in [-0.4, -0.2) is 10.7 Å². The van der Waals surface area contributed by atoms with Crippen LogP contribution in [-0.2, 0) is 0 Å². The summed E-state index contributed by atoms with van der Waals surface area (Å²) in [6.07, 6.45) is 0.391. The van der Waals surface area contributed by atoms with E-state index in [2.05, 4.69) is 31.2 Å². The first-order chi connectivity index (χ1) is 13.6. The summed E-state index contributed by atoms with van der Waals surface area (Å²) in [4.78, 5) is 0. The number of nitrogens with zero attached hydrogens (tertiary/aromatic N) is 2. The van der Waals surface area contributed by atoms with E-state index >= 15 is 0 Å². The van der Waals surface area contributed by atoms with Crippen molar-refractivity contribution in [3.63, 3.8) is 0 Å². The van der Waals surface area contributed by atoms with Gasteiger partial charge in [0, 0.05) is 22.6 Å². The summed E-state index contributed by atoms with van der Waals surface area (Å²) < 4.78 is 19.7. The smallest absolute Gasteiger partial charge is 0.213 e. The fourth-order valence-electron chi connectivity index (χ4n) is 3.83. The van der Waals surface area contributed by atoms with Gasteiger partial charge in [-0.3, -0.25) is 0 Å². The number of fused-ring (bicyclic) bond motifs is 3. The van der Waals surface area contributed by atoms with Crippen molar-refractivity contribution in [1.29, 1.82) is 0 Å². The summed E-state index contributed by atoms with van der Waals surface area (Å²) in [7, 11) is 0. The average molecular weight is 393 g/mol. The number of halogens is 2. The summed E-state index contributed by atoms with van der Waals surface area (Å²) in [5.74, 6) is 0.574. The van der Waals surface area contributed by atoms with E-state index in [1.54, 1.807) is 12.1 Å². The molecule has 140 valence electrons. The monoisotopic (exact) mass is 392 g/mol. The number of hydrazone groups is 1. The van der Waals surface area contributed by atoms with E-state index in [1.165, 1.54) is 17.7 Å². The van der Waals surface area contributed by atoms with Crippen molar-refractivity contribution in [3.8, 4) is 5.75 Å². The summed E-state index contributed by atoms with van der Waals surface area (Å²) in [5.41, 5.74) is 5.10. The second kappa shape index (κ2) is 6.64. The summed E-state index contributed by atoms with van der Waals surface area (Å²) >= 11 is 6.26. The van der Waals surface area contributed by atoms with Gasteiger partial charge in [-0.1, -0.05) is 53.6 Å². The van der Waals surface area contributed by atoms with E-state index in [4.69, 9.17) is 21.4 Å². The van der Waals surface area contributed by atoms with Gasteiger partial charge in [0.15, 0.2) is 0 Å². The molecule has 28 heavy (non-hydrogen) atoms. The fourth-order valence-corrected chi connectivity index (χ4v) is 4.01. The van der Waals surface area contributed by atoms with Crippen LogP contribution >= 0.6 is 11.6 Å². The SMILES string of the molecule is Cc1ccc([C@H]2Oc3ccc(Cl)cc3[C@H]3CC(c4ccc(F)cc4)=NN32)cc1. The van der Waals surface area contributed by atoms with Crippen molar-refractivity contribution in [2.45, 2.75) is 25.6 Å². The third-order valence-corrected chi connectivity index (χ3v) is 5.53. The minimum Gasteiger partial charge on any atom is -0.464 e. The Hall–Kier alpha value is -2.85. The molecule has 0 spiro atoms. The lowest BCUT2D eigenvalue weighted by atomic mass is 9.96. The first kappa shape index (κ1) is 17.3. The van der Waals surface area contributed by atoms with Gasteiger partial charge in [0.1, 0.15) is 11.6 Å². The average Bonchev–Trinajstić information content (AvgIpc) is 3.14. The van der Waals surface area contributed by atoms with Crippen molar-refractivity contribution in [3.05, 3.63) is 99.8 Å². The zero-order valence-corrected chi connectivity index (χ0v) is 16.0. The maximum atomic E-state index is 13.3. The Labute approximate surface area is 168 Å². The highest BCUT2D eigenvalue weighted by atomic mass is 35.5. The first-order valence-electron chi connectivity index (χ1n) is 9.23. The number of hydrogen-bond acceptors (Lipinski definition) is 3. The minimum atomic E-state index is -0.322. The zero-order valence-electron chi connectivity index (χ0n) is 15.3. The lowest BCUT2D eigenvalue weighted by molar-refractivity contribution is -0.0190. The number of benzene rings is 3. The maximum Gasteiger partial charge on any atom is 0.213 e. The number of ether oxygens (including phenoxy) is 1. The lowest BCUT2D eigenvalue weighted by Crippen LogP contribution is -2.33. The van der Waals surface area contributed by atoms with Crippen molar-refractivity contribution in [1.82, 2.24) is 5.01 Å². The molecule has 2 aliphatic rings. The molecule has 3 aromatic rings. The predicted octanol–water partition coefficient (Wildman–Crippen LogP) is 6.03. The minimum absolute atomic E-state index is 0.0220. The molecule has 0 aromatic heterocycles. The van der Waals surface area contributed by atoms with Gasteiger partial charge in [-0.25, -0.2) is 9.40 Å². The molecule has 0 saturated carbocycles. The quantitative estimate of drug-likeness (QED) is 0.532. The first-order valence-corrected chi connectivity index (χ1v) is 9.61. The van der Waals surface area contributed by atoms with E-state index in [-0.39, 0.29) is 18.1 Å². The lowest BCUT2D eigenvalue weighted by Gasteiger charge is -2.38. The van der Waals surface area contributed by atoms with Crippen LogP contribution in [0.15, 0.2) is 71.8 Å². The van der Waals surface area contributed by atoms with E-state index in [0.29, 0.717) is 11.4 Å². The molecular formula is C23H18ClFN2O. The van der Waals surface area contributed by atoms with E-state index in [0.717, 1.165) is 28.2 Å². The Bertz CT molecular complexity index is 1060. The van der Waals surface area contributed by atoms with Crippen LogP contribution in [0.4, 0.5) is 4.39 Å². The highest BCUT2D eigenvalue weighted by molar-refractivity contribution is 6.30. The number of hydrogen-bond donors (Lipinski definition) is 0. The van der Waals surface area contributed by atoms with Crippen molar-refractivity contribution >= 4 is 17.3 Å². The topological polar surface area (TPSA) is 24.8 Å². The molecule has 5 rings (SSSR count). The molecule has 5 heteroatoms. The van der Waals surface area contributed by atoms with E-state index in [9.17, 15) is 4.39 Å². The van der Waals surface area contributed by atoms with Gasteiger partial charge < -0.3 is 4.74 Å². The maximum absolute atomic E-state index is 13.3. The molecule has 0 unspecified atom stereocenters. The van der Waals surface area contributed by atoms with Gasteiger partial charge in [-0.05, 0) is 42.8 Å². The van der Waals surface area contributed by atoms with Crippen molar-refractivity contribution in [2.75, 3.05) is 0 Å². The highest BCUT2D eigenvalue weighted by Gasteiger charge is 2.41. The Balaban J connectivity index is 1.59. The van der Waals surface area contributed by atoms with Crippen LogP contribution in [0.1, 0.15) is 40.9 Å². The zero-order chi connectivity index (χ0) is 19.3. The second-order valence-corrected chi connectivity index (χ2v) is 7.65. The van der Waals surface area contributed by atoms with Crippen LogP contribution in [0.2, 0.25) is 5.02 Å². The van der Waals surface area contributed by atoms with Crippen LogP contribution in [0.5, 0.6) is 5.75 Å². The van der Waals surface area contributed by atoms with Gasteiger partial charge in [-0.2, -0.15) is 5.10 Å². The molecule has 2 atom stereocenters. The summed E-state index contributed by atoms with van der Waals surface area (Å²) in [6.45, 7) is 2.06. The molecule has 0 fully saturated rings. The van der Waals surface area contributed by atoms with Gasteiger partial charge >= 0.3 is 0 Å². The third kappa shape index (κ3) is 2.94. The molecule has 0 bridgehead atoms. The molecule has 3 nitrogen and oxygen atoms in total. The number of rotatable bonds is 2. The fraction of sp³-hybridized carbons (Fsp3) is 0.174. The predicted molar refractivity (Wildman–Crippen MR) is 108 cm³/mol. The molecule has 2 heterocycles. The Morgan fingerprint density at radius 1 is 1.04 bits per heavy atom. The number of aryl methyl sites for hydroxylation is 1. The van der Waals surface area contributed by atoms with Crippen molar-refractivity contribution < 1.29 is 9.13 Å². The molecular weight excluding hydrogens is 375 g/mol. The van der Waals surface area contributed by atoms with Gasteiger partial charge in [0.2, 0.25) is 6.23 Å². The van der Waals surface area contributed by atoms with Gasteiger partial charge in [-0.15, -0.1) is 0 Å². The molecule has 3 aromatic carbocycles. The molecule has 0 saturated heterocycles. The van der Waals surface area contributed by atoms with Crippen LogP contribution in [0.3, 0.4) is 0 Å². The van der Waals surface area contributed by atoms with E-state index < -0.39 is 0 Å². The molecule has 0 radical (unpaired) electrons. The van der Waals surface area contributed by atoms with E-state index in [1.807, 2.05) is 23.2 Å². The van der Waals surface area contributed by atoms with Crippen LogP contribution < -0.4 is 4.74 Å². The second-order valence-electron chi connectivity index (χ2n) is 7.22. The standard InChI is InChI=1S/C23H18ClFN2O/c1-14-2-4-16(5-3-14)23-27-21(19-12-17(24)8-11-22(19)28-23)13-20(26-27)15-6-9-18(25)10-7-15/h2-12,21,23H,13H2,1H3/t21-,23-/m1/s1. The van der Waals surface area contributed by atoms with Gasteiger partial charge in [0.05, 0.1) is 11.8 Å². The van der Waals surface area contributed by atoms with Crippen LogP contribution in [0.25, 0.3) is 0 Å². The molecule has 2 aliphatic heterocycles. The van der Waals surface area contributed by atoms with Gasteiger partial charge in [0.25, 0.3) is 0 Å². The Kier molecular flexibility index (Phi) is 4.09. The molecule has 0 amide bonds. The Morgan fingerprint density at radius 2 is 1.79 bits per heavy atom. The molecule has 0 aliphatic carbocycles. The van der Waals surface area contributed by atoms with Crippen LogP contribution in [0, 0.1) is 12.7 Å². The Morgan fingerprint density at radius 3 is 2.54 bits per heavy atom. The summed E-state index contributed by atoms with van der Waals surface area (Å²) in [5, 5.41) is 7.55. The van der Waals surface area contributed by atoms with Crippen molar-refractivity contribution in [2.24, 2.45) is 5.10 Å².